The van der Waals surface area contributed by atoms with E-state index in [0.717, 1.165) is 24.8 Å². The summed E-state index contributed by atoms with van der Waals surface area (Å²) >= 11 is 0. The lowest BCUT2D eigenvalue weighted by Gasteiger charge is -2.25. The third kappa shape index (κ3) is 4.38. The molecule has 1 atom stereocenters. The molecular weight excluding hydrogens is 314 g/mol. The Morgan fingerprint density at radius 2 is 1.76 bits per heavy atom. The van der Waals surface area contributed by atoms with Crippen LogP contribution in [0, 0.1) is 0 Å². The minimum atomic E-state index is -0.228. The highest BCUT2D eigenvalue weighted by atomic mass is 16.2. The summed E-state index contributed by atoms with van der Waals surface area (Å²) in [6.07, 6.45) is 3.01. The molecule has 3 amide bonds. The molecule has 0 radical (unpaired) electrons. The van der Waals surface area contributed by atoms with E-state index in [0.29, 0.717) is 5.69 Å². The lowest BCUT2D eigenvalue weighted by atomic mass is 9.88. The fourth-order valence-corrected chi connectivity index (χ4v) is 3.22. The van der Waals surface area contributed by atoms with Crippen LogP contribution in [0.5, 0.6) is 0 Å². The third-order valence-electron chi connectivity index (χ3n) is 4.58. The molecule has 0 spiro atoms. The summed E-state index contributed by atoms with van der Waals surface area (Å²) in [7, 11) is 1.60. The minimum absolute atomic E-state index is 0.0847. The molecule has 130 valence electrons. The molecule has 2 aromatic carbocycles. The number of rotatable bonds is 4. The van der Waals surface area contributed by atoms with E-state index in [1.165, 1.54) is 11.1 Å². The Morgan fingerprint density at radius 1 is 1.04 bits per heavy atom. The number of nitrogens with one attached hydrogen (secondary N) is 3. The van der Waals surface area contributed by atoms with Gasteiger partial charge in [0.25, 0.3) is 0 Å². The van der Waals surface area contributed by atoms with Crippen molar-refractivity contribution in [1.82, 2.24) is 10.6 Å². The fourth-order valence-electron chi connectivity index (χ4n) is 3.22. The van der Waals surface area contributed by atoms with Crippen LogP contribution in [0.4, 0.5) is 10.5 Å². The third-order valence-corrected chi connectivity index (χ3v) is 4.58. The maximum atomic E-state index is 12.4. The number of benzene rings is 2. The molecule has 1 aliphatic rings. The number of urea groups is 1. The van der Waals surface area contributed by atoms with E-state index in [-0.39, 0.29) is 24.4 Å². The Bertz CT molecular complexity index is 773. The predicted molar refractivity (Wildman–Crippen MR) is 98.6 cm³/mol. The molecule has 0 aliphatic heterocycles. The first-order valence-electron chi connectivity index (χ1n) is 8.58. The highest BCUT2D eigenvalue weighted by molar-refractivity contribution is 5.91. The summed E-state index contributed by atoms with van der Waals surface area (Å²) in [6, 6.07) is 15.6. The van der Waals surface area contributed by atoms with E-state index in [1.54, 1.807) is 7.05 Å². The maximum Gasteiger partial charge on any atom is 0.319 e. The second-order valence-corrected chi connectivity index (χ2v) is 6.31. The van der Waals surface area contributed by atoms with Gasteiger partial charge < -0.3 is 16.0 Å². The maximum absolute atomic E-state index is 12.4. The van der Waals surface area contributed by atoms with Crippen LogP contribution in [-0.4, -0.2) is 25.0 Å². The van der Waals surface area contributed by atoms with E-state index in [1.807, 2.05) is 30.3 Å². The molecule has 0 saturated carbocycles. The second kappa shape index (κ2) is 7.83. The molecule has 0 fully saturated rings. The van der Waals surface area contributed by atoms with E-state index in [9.17, 15) is 9.59 Å². The van der Waals surface area contributed by atoms with Crippen molar-refractivity contribution in [2.24, 2.45) is 0 Å². The van der Waals surface area contributed by atoms with Crippen molar-refractivity contribution >= 4 is 17.6 Å². The van der Waals surface area contributed by atoms with Crippen molar-refractivity contribution in [3.8, 4) is 0 Å². The van der Waals surface area contributed by atoms with E-state index < -0.39 is 0 Å². The Hall–Kier alpha value is -2.82. The van der Waals surface area contributed by atoms with Gasteiger partial charge in [0, 0.05) is 18.8 Å². The minimum Gasteiger partial charge on any atom is -0.359 e. The first-order valence-corrected chi connectivity index (χ1v) is 8.58. The molecule has 5 heteroatoms. The van der Waals surface area contributed by atoms with Crippen LogP contribution in [0.2, 0.25) is 0 Å². The van der Waals surface area contributed by atoms with Gasteiger partial charge in [-0.05, 0) is 42.0 Å². The number of hydrogen-bond donors (Lipinski definition) is 3. The summed E-state index contributed by atoms with van der Waals surface area (Å²) in [5.41, 5.74) is 4.14. The van der Waals surface area contributed by atoms with Crippen molar-refractivity contribution in [2.75, 3.05) is 12.4 Å². The van der Waals surface area contributed by atoms with Crippen LogP contribution < -0.4 is 16.0 Å². The van der Waals surface area contributed by atoms with E-state index in [2.05, 4.69) is 34.1 Å². The van der Waals surface area contributed by atoms with Gasteiger partial charge in [-0.3, -0.25) is 4.79 Å². The number of para-hydroxylation sites is 1. The zero-order valence-corrected chi connectivity index (χ0v) is 14.3. The zero-order chi connectivity index (χ0) is 17.6. The van der Waals surface area contributed by atoms with Gasteiger partial charge in [0.05, 0.1) is 6.42 Å². The number of carbonyl (C=O) groups is 2. The number of amides is 3. The standard InChI is InChI=1S/C20H23N3O2/c1-21-19(24)13-16-8-4-5-9-18(16)23-20(25)22-17-11-10-14-6-2-3-7-15(14)12-17/h2-9,17H,10-13H2,1H3,(H,21,24)(H2,22,23,25)/t17-/m0/s1. The van der Waals surface area contributed by atoms with Gasteiger partial charge in [-0.2, -0.15) is 0 Å². The van der Waals surface area contributed by atoms with Crippen LogP contribution in [0.1, 0.15) is 23.1 Å². The zero-order valence-electron chi connectivity index (χ0n) is 14.3. The van der Waals surface area contributed by atoms with Crippen molar-refractivity contribution in [3.63, 3.8) is 0 Å². The first kappa shape index (κ1) is 17.0. The van der Waals surface area contributed by atoms with Gasteiger partial charge in [0.15, 0.2) is 0 Å². The molecular formula is C20H23N3O2. The molecule has 5 nitrogen and oxygen atoms in total. The molecule has 0 unspecified atom stereocenters. The van der Waals surface area contributed by atoms with Gasteiger partial charge in [0.1, 0.15) is 0 Å². The smallest absolute Gasteiger partial charge is 0.319 e. The number of likely N-dealkylation sites (N-methyl/N-ethyl adjacent to an activating group) is 1. The topological polar surface area (TPSA) is 70.2 Å². The lowest BCUT2D eigenvalue weighted by molar-refractivity contribution is -0.119. The molecule has 25 heavy (non-hydrogen) atoms. The molecule has 0 saturated heterocycles. The normalized spacial score (nSPS) is 15.8. The van der Waals surface area contributed by atoms with Crippen LogP contribution in [0.3, 0.4) is 0 Å². The molecule has 0 bridgehead atoms. The molecule has 0 heterocycles. The van der Waals surface area contributed by atoms with Crippen LogP contribution in [0.25, 0.3) is 0 Å². The molecule has 3 N–H and O–H groups in total. The Kier molecular flexibility index (Phi) is 5.33. The average Bonchev–Trinajstić information content (AvgIpc) is 2.63. The van der Waals surface area contributed by atoms with E-state index >= 15 is 0 Å². The summed E-state index contributed by atoms with van der Waals surface area (Å²) < 4.78 is 0. The van der Waals surface area contributed by atoms with Crippen LogP contribution in [-0.2, 0) is 24.1 Å². The second-order valence-electron chi connectivity index (χ2n) is 6.31. The summed E-state index contributed by atoms with van der Waals surface area (Å²) in [6.45, 7) is 0. The number of anilines is 1. The summed E-state index contributed by atoms with van der Waals surface area (Å²) in [5.74, 6) is -0.0847. The average molecular weight is 337 g/mol. The molecule has 3 rings (SSSR count). The fraction of sp³-hybridized carbons (Fsp3) is 0.300. The van der Waals surface area contributed by atoms with Gasteiger partial charge in [-0.15, -0.1) is 0 Å². The van der Waals surface area contributed by atoms with Crippen molar-refractivity contribution in [2.45, 2.75) is 31.7 Å². The summed E-state index contributed by atoms with van der Waals surface area (Å²) in [4.78, 5) is 24.0. The molecule has 0 aromatic heterocycles. The van der Waals surface area contributed by atoms with Gasteiger partial charge in [-0.25, -0.2) is 4.79 Å². The number of hydrogen-bond acceptors (Lipinski definition) is 2. The monoisotopic (exact) mass is 337 g/mol. The van der Waals surface area contributed by atoms with E-state index in [4.69, 9.17) is 0 Å². The SMILES string of the molecule is CNC(=O)Cc1ccccc1NC(=O)N[C@H]1CCc2ccccc2C1. The Labute approximate surface area is 147 Å². The molecule has 2 aromatic rings. The Morgan fingerprint density at radius 3 is 2.56 bits per heavy atom. The lowest BCUT2D eigenvalue weighted by Crippen LogP contribution is -2.41. The van der Waals surface area contributed by atoms with Crippen LogP contribution in [0.15, 0.2) is 48.5 Å². The quantitative estimate of drug-likeness (QED) is 0.803. The van der Waals surface area contributed by atoms with Gasteiger partial charge in [-0.1, -0.05) is 42.5 Å². The van der Waals surface area contributed by atoms with Crippen molar-refractivity contribution in [1.29, 1.82) is 0 Å². The number of carbonyl (C=O) groups excluding carboxylic acids is 2. The van der Waals surface area contributed by atoms with Crippen molar-refractivity contribution in [3.05, 3.63) is 65.2 Å². The number of aryl methyl sites for hydroxylation is 1. The Balaban J connectivity index is 1.61. The van der Waals surface area contributed by atoms with Gasteiger partial charge in [0.2, 0.25) is 5.91 Å². The highest BCUT2D eigenvalue weighted by Crippen LogP contribution is 2.21. The highest BCUT2D eigenvalue weighted by Gasteiger charge is 2.20. The van der Waals surface area contributed by atoms with Crippen LogP contribution >= 0.6 is 0 Å². The van der Waals surface area contributed by atoms with Crippen molar-refractivity contribution < 1.29 is 9.59 Å². The first-order chi connectivity index (χ1) is 12.2. The van der Waals surface area contributed by atoms with Gasteiger partial charge >= 0.3 is 6.03 Å². The molecule has 1 aliphatic carbocycles. The summed E-state index contributed by atoms with van der Waals surface area (Å²) in [5, 5.41) is 8.54. The predicted octanol–water partition coefficient (Wildman–Crippen LogP) is 2.65. The number of fused-ring (bicyclic) bond motifs is 1. The largest absolute Gasteiger partial charge is 0.359 e.